The van der Waals surface area contributed by atoms with Crippen molar-refractivity contribution in [3.63, 3.8) is 0 Å². The summed E-state index contributed by atoms with van der Waals surface area (Å²) >= 11 is 2.39. The third-order valence-electron chi connectivity index (χ3n) is 4.02. The minimum Gasteiger partial charge on any atom is -0.452 e. The van der Waals surface area contributed by atoms with Crippen LogP contribution in [0.1, 0.15) is 20.0 Å². The summed E-state index contributed by atoms with van der Waals surface area (Å²) in [6.07, 6.45) is 0. The van der Waals surface area contributed by atoms with Crippen LogP contribution < -0.4 is 10.6 Å². The van der Waals surface area contributed by atoms with Crippen molar-refractivity contribution in [2.75, 3.05) is 17.2 Å². The molecule has 0 radical (unpaired) electrons. The highest BCUT2D eigenvalue weighted by molar-refractivity contribution is 7.12. The molecule has 2 heterocycles. The maximum atomic E-state index is 12.2. The van der Waals surface area contributed by atoms with Crippen LogP contribution in [0.3, 0.4) is 0 Å². The number of nitrogens with one attached hydrogen (secondary N) is 2. The molecule has 8 nitrogen and oxygen atoms in total. The van der Waals surface area contributed by atoms with Crippen molar-refractivity contribution in [2.45, 2.75) is 0 Å². The van der Waals surface area contributed by atoms with Crippen LogP contribution in [0.25, 0.3) is 11.0 Å². The first kappa shape index (κ1) is 19.7. The van der Waals surface area contributed by atoms with Crippen LogP contribution >= 0.6 is 23.1 Å². The predicted octanol–water partition coefficient (Wildman–Crippen LogP) is 3.80. The van der Waals surface area contributed by atoms with Gasteiger partial charge in [-0.1, -0.05) is 12.1 Å². The fourth-order valence-electron chi connectivity index (χ4n) is 2.60. The number of fused-ring (bicyclic) bond motifs is 1. The Morgan fingerprint density at radius 3 is 2.53 bits per heavy atom. The summed E-state index contributed by atoms with van der Waals surface area (Å²) in [5, 5.41) is 7.23. The maximum absolute atomic E-state index is 12.2. The average Bonchev–Trinajstić information content (AvgIpc) is 3.45. The van der Waals surface area contributed by atoms with E-state index < -0.39 is 18.5 Å². The molecular weight excluding hydrogens is 424 g/mol. The molecule has 0 aliphatic heterocycles. The van der Waals surface area contributed by atoms with Gasteiger partial charge < -0.3 is 15.4 Å². The number of hydrogen-bond donors (Lipinski definition) is 2. The summed E-state index contributed by atoms with van der Waals surface area (Å²) < 4.78 is 13.3. The van der Waals surface area contributed by atoms with E-state index in [2.05, 4.69) is 19.4 Å². The van der Waals surface area contributed by atoms with Gasteiger partial charge in [-0.15, -0.1) is 11.3 Å². The molecule has 30 heavy (non-hydrogen) atoms. The second-order valence-corrected chi connectivity index (χ2v) is 7.55. The smallest absolute Gasteiger partial charge is 0.338 e. The van der Waals surface area contributed by atoms with Gasteiger partial charge in [0.15, 0.2) is 6.61 Å². The van der Waals surface area contributed by atoms with Gasteiger partial charge in [-0.3, -0.25) is 9.59 Å². The fourth-order valence-corrected chi connectivity index (χ4v) is 3.77. The van der Waals surface area contributed by atoms with Crippen molar-refractivity contribution in [2.24, 2.45) is 0 Å². The molecule has 10 heteroatoms. The third kappa shape index (κ3) is 4.50. The van der Waals surface area contributed by atoms with Gasteiger partial charge in [-0.2, -0.15) is 8.75 Å². The largest absolute Gasteiger partial charge is 0.452 e. The average molecular weight is 438 g/mol. The molecule has 4 aromatic rings. The molecule has 2 aromatic carbocycles. The van der Waals surface area contributed by atoms with Crippen LogP contribution in [0, 0.1) is 0 Å². The van der Waals surface area contributed by atoms with Crippen molar-refractivity contribution < 1.29 is 19.1 Å². The number of ether oxygens (including phenoxy) is 1. The lowest BCUT2D eigenvalue weighted by Crippen LogP contribution is -2.21. The zero-order valence-corrected chi connectivity index (χ0v) is 17.0. The SMILES string of the molecule is O=C(COC(=O)c1ccc(NC(=O)c2cccs2)cc1)Nc1cccc2nsnc12. The quantitative estimate of drug-likeness (QED) is 0.443. The Morgan fingerprint density at radius 2 is 1.77 bits per heavy atom. The van der Waals surface area contributed by atoms with Gasteiger partial charge in [0, 0.05) is 5.69 Å². The highest BCUT2D eigenvalue weighted by Gasteiger charge is 2.13. The predicted molar refractivity (Wildman–Crippen MR) is 115 cm³/mol. The van der Waals surface area contributed by atoms with E-state index in [0.717, 1.165) is 11.7 Å². The number of aromatic nitrogens is 2. The van der Waals surface area contributed by atoms with E-state index in [0.29, 0.717) is 27.3 Å². The monoisotopic (exact) mass is 438 g/mol. The summed E-state index contributed by atoms with van der Waals surface area (Å²) in [5.41, 5.74) is 2.59. The summed E-state index contributed by atoms with van der Waals surface area (Å²) in [4.78, 5) is 36.9. The van der Waals surface area contributed by atoms with E-state index in [1.165, 1.54) is 23.5 Å². The number of amides is 2. The van der Waals surface area contributed by atoms with Crippen LogP contribution in [0.15, 0.2) is 60.0 Å². The second kappa shape index (κ2) is 8.80. The molecule has 0 aliphatic carbocycles. The van der Waals surface area contributed by atoms with Crippen LogP contribution in [0.5, 0.6) is 0 Å². The molecule has 2 amide bonds. The second-order valence-electron chi connectivity index (χ2n) is 6.07. The van der Waals surface area contributed by atoms with Gasteiger partial charge in [0.05, 0.1) is 27.9 Å². The first-order valence-corrected chi connectivity index (χ1v) is 10.3. The van der Waals surface area contributed by atoms with Gasteiger partial charge in [0.25, 0.3) is 11.8 Å². The van der Waals surface area contributed by atoms with Gasteiger partial charge in [-0.25, -0.2) is 4.79 Å². The van der Waals surface area contributed by atoms with Crippen molar-refractivity contribution in [3.05, 3.63) is 70.4 Å². The number of benzene rings is 2. The maximum Gasteiger partial charge on any atom is 0.338 e. The number of carbonyl (C=O) groups is 3. The zero-order valence-electron chi connectivity index (χ0n) is 15.3. The lowest BCUT2D eigenvalue weighted by Gasteiger charge is -2.08. The topological polar surface area (TPSA) is 110 Å². The number of nitrogens with zero attached hydrogens (tertiary/aromatic N) is 2. The number of carbonyl (C=O) groups excluding carboxylic acids is 3. The Bertz CT molecular complexity index is 1200. The van der Waals surface area contributed by atoms with Crippen LogP contribution in [-0.2, 0) is 9.53 Å². The van der Waals surface area contributed by atoms with Crippen LogP contribution in [-0.4, -0.2) is 33.1 Å². The molecular formula is C20H14N4O4S2. The first-order chi connectivity index (χ1) is 14.6. The lowest BCUT2D eigenvalue weighted by molar-refractivity contribution is -0.119. The molecule has 0 bridgehead atoms. The van der Waals surface area contributed by atoms with Crippen molar-refractivity contribution >= 4 is 63.3 Å². The summed E-state index contributed by atoms with van der Waals surface area (Å²) in [7, 11) is 0. The van der Waals surface area contributed by atoms with Crippen molar-refractivity contribution in [3.8, 4) is 0 Å². The van der Waals surface area contributed by atoms with E-state index in [1.54, 1.807) is 42.5 Å². The summed E-state index contributed by atoms with van der Waals surface area (Å²) in [6.45, 7) is -0.441. The zero-order chi connectivity index (χ0) is 20.9. The molecule has 150 valence electrons. The third-order valence-corrected chi connectivity index (χ3v) is 5.43. The number of thiophene rings is 1. The minimum absolute atomic E-state index is 0.220. The summed E-state index contributed by atoms with van der Waals surface area (Å²) in [5.74, 6) is -1.35. The Morgan fingerprint density at radius 1 is 0.933 bits per heavy atom. The van der Waals surface area contributed by atoms with Gasteiger partial charge >= 0.3 is 5.97 Å². The molecule has 0 saturated carbocycles. The Balaban J connectivity index is 1.31. The van der Waals surface area contributed by atoms with E-state index >= 15 is 0 Å². The first-order valence-electron chi connectivity index (χ1n) is 8.73. The van der Waals surface area contributed by atoms with Gasteiger partial charge in [0.2, 0.25) is 0 Å². The van der Waals surface area contributed by atoms with Crippen LogP contribution in [0.2, 0.25) is 0 Å². The van der Waals surface area contributed by atoms with Gasteiger partial charge in [-0.05, 0) is 47.8 Å². The molecule has 0 fully saturated rings. The number of anilines is 2. The van der Waals surface area contributed by atoms with Crippen molar-refractivity contribution in [1.82, 2.24) is 8.75 Å². The molecule has 2 N–H and O–H groups in total. The number of rotatable bonds is 6. The molecule has 0 saturated heterocycles. The lowest BCUT2D eigenvalue weighted by atomic mass is 10.2. The number of esters is 1. The van der Waals surface area contributed by atoms with E-state index in [-0.39, 0.29) is 11.5 Å². The number of hydrogen-bond acceptors (Lipinski definition) is 8. The van der Waals surface area contributed by atoms with Gasteiger partial charge in [0.1, 0.15) is 11.0 Å². The Kier molecular flexibility index (Phi) is 5.77. The van der Waals surface area contributed by atoms with Crippen molar-refractivity contribution in [1.29, 1.82) is 0 Å². The summed E-state index contributed by atoms with van der Waals surface area (Å²) in [6, 6.07) is 15.0. The molecule has 0 aliphatic rings. The Labute approximate surface area is 178 Å². The molecule has 4 rings (SSSR count). The minimum atomic E-state index is -0.644. The highest BCUT2D eigenvalue weighted by Crippen LogP contribution is 2.21. The fraction of sp³-hybridized carbons (Fsp3) is 0.0500. The molecule has 0 atom stereocenters. The van der Waals surface area contributed by atoms with Crippen LogP contribution in [0.4, 0.5) is 11.4 Å². The van der Waals surface area contributed by atoms with E-state index in [4.69, 9.17) is 4.74 Å². The Hall–Kier alpha value is -3.63. The van der Waals surface area contributed by atoms with E-state index in [1.807, 2.05) is 5.38 Å². The molecule has 2 aromatic heterocycles. The highest BCUT2D eigenvalue weighted by atomic mass is 32.1. The molecule has 0 unspecified atom stereocenters. The molecule has 0 spiro atoms. The normalized spacial score (nSPS) is 10.5. The van der Waals surface area contributed by atoms with E-state index in [9.17, 15) is 14.4 Å². The standard InChI is InChI=1S/C20H14N4O4S2/c25-17(22-14-3-1-4-15-18(14)24-30-23-15)11-28-20(27)12-6-8-13(9-7-12)21-19(26)16-5-2-10-29-16/h1-10H,11H2,(H,21,26)(H,22,25).